The van der Waals surface area contributed by atoms with Crippen molar-refractivity contribution in [3.05, 3.63) is 40.6 Å². The summed E-state index contributed by atoms with van der Waals surface area (Å²) in [5.74, 6) is -2.71. The van der Waals surface area contributed by atoms with Gasteiger partial charge in [0.2, 0.25) is 11.2 Å². The Morgan fingerprint density at radius 3 is 1.96 bits per heavy atom. The van der Waals surface area contributed by atoms with E-state index in [9.17, 15) is 30.3 Å². The fraction of sp³-hybridized carbons (Fsp3) is 0. The van der Waals surface area contributed by atoms with Gasteiger partial charge >= 0.3 is 40.0 Å². The van der Waals surface area contributed by atoms with E-state index >= 15 is 0 Å². The van der Waals surface area contributed by atoms with E-state index in [4.69, 9.17) is 21.9 Å². The van der Waals surface area contributed by atoms with E-state index in [1.807, 2.05) is 0 Å². The van der Waals surface area contributed by atoms with Crippen LogP contribution in [0.2, 0.25) is 0 Å². The monoisotopic (exact) mass is 424 g/mol. The number of aromatic hydroxyl groups is 5. The maximum atomic E-state index is 12.1. The van der Waals surface area contributed by atoms with E-state index in [0.29, 0.717) is 0 Å². The van der Waals surface area contributed by atoms with Gasteiger partial charge in [0.05, 0.1) is 0 Å². The number of hydrogen-bond acceptors (Lipinski definition) is 9. The third-order valence-electron chi connectivity index (χ3n) is 3.17. The molecule has 0 bridgehead atoms. The zero-order valence-corrected chi connectivity index (χ0v) is 16.9. The van der Waals surface area contributed by atoms with Gasteiger partial charge in [0.1, 0.15) is 22.5 Å². The number of phenols is 4. The van der Waals surface area contributed by atoms with E-state index in [0.717, 1.165) is 24.3 Å². The molecule has 0 atom stereocenters. The maximum absolute atomic E-state index is 12.1. The predicted molar refractivity (Wildman–Crippen MR) is 91.5 cm³/mol. The van der Waals surface area contributed by atoms with Crippen molar-refractivity contribution in [3.8, 4) is 40.1 Å². The van der Waals surface area contributed by atoms with Gasteiger partial charge in [-0.25, -0.2) is 0 Å². The first kappa shape index (κ1) is 23.6. The third kappa shape index (κ3) is 5.51. The summed E-state index contributed by atoms with van der Waals surface area (Å²) in [6.45, 7) is 0. The standard InChI is InChI=1S/C15H10O7.Na.H2O4S.H/c16-7-4-10(19)12-11(5-7)22-15(14(21)13(12)20)6-1-2-8(17)9(18)3-6;;1-5(2,3)4;/h1-5,16-19,21H;;(H2,1,2,3,4);/q;+1;;-1. The maximum Gasteiger partial charge on any atom is 1.00 e. The molecular formula is C15H13NaO11S. The van der Waals surface area contributed by atoms with Crippen LogP contribution in [0.15, 0.2) is 39.5 Å². The Morgan fingerprint density at radius 1 is 0.857 bits per heavy atom. The zero-order chi connectivity index (χ0) is 20.5. The van der Waals surface area contributed by atoms with Gasteiger partial charge in [0, 0.05) is 17.7 Å². The van der Waals surface area contributed by atoms with E-state index in [1.54, 1.807) is 0 Å². The van der Waals surface area contributed by atoms with Crippen molar-refractivity contribution in [1.29, 1.82) is 0 Å². The topological polar surface area (TPSA) is 206 Å². The first-order chi connectivity index (χ1) is 12.4. The van der Waals surface area contributed by atoms with E-state index in [1.165, 1.54) is 6.07 Å². The Morgan fingerprint density at radius 2 is 1.43 bits per heavy atom. The summed E-state index contributed by atoms with van der Waals surface area (Å²) >= 11 is 0. The minimum atomic E-state index is -4.67. The fourth-order valence-electron chi connectivity index (χ4n) is 2.14. The van der Waals surface area contributed by atoms with E-state index < -0.39 is 33.1 Å². The summed E-state index contributed by atoms with van der Waals surface area (Å²) in [4.78, 5) is 12.1. The first-order valence-electron chi connectivity index (χ1n) is 6.82. The molecule has 2 aromatic carbocycles. The second-order valence-electron chi connectivity index (χ2n) is 5.10. The minimum absolute atomic E-state index is 0. The Bertz CT molecular complexity index is 1180. The summed E-state index contributed by atoms with van der Waals surface area (Å²) in [7, 11) is -4.67. The zero-order valence-electron chi connectivity index (χ0n) is 15.1. The summed E-state index contributed by atoms with van der Waals surface area (Å²) in [6.07, 6.45) is 0. The van der Waals surface area contributed by atoms with Gasteiger partial charge in [0.25, 0.3) is 0 Å². The van der Waals surface area contributed by atoms with Gasteiger partial charge in [-0.15, -0.1) is 0 Å². The third-order valence-corrected chi connectivity index (χ3v) is 3.17. The minimum Gasteiger partial charge on any atom is -1.00 e. The predicted octanol–water partition coefficient (Wildman–Crippen LogP) is -1.55. The van der Waals surface area contributed by atoms with Crippen LogP contribution < -0.4 is 35.0 Å². The second kappa shape index (κ2) is 8.68. The smallest absolute Gasteiger partial charge is 1.00 e. The Kier molecular flexibility index (Phi) is 7.31. The molecule has 0 radical (unpaired) electrons. The number of benzene rings is 2. The van der Waals surface area contributed by atoms with Crippen LogP contribution in [0.1, 0.15) is 1.43 Å². The average molecular weight is 424 g/mol. The molecule has 0 fully saturated rings. The normalized spacial score (nSPS) is 10.6. The first-order valence-corrected chi connectivity index (χ1v) is 8.22. The summed E-state index contributed by atoms with van der Waals surface area (Å²) in [5, 5.41) is 47.6. The molecule has 28 heavy (non-hydrogen) atoms. The van der Waals surface area contributed by atoms with Crippen LogP contribution >= 0.6 is 0 Å². The molecule has 13 heteroatoms. The number of hydrogen-bond donors (Lipinski definition) is 7. The number of phenolic OH excluding ortho intramolecular Hbond substituents is 4. The Labute approximate surface area is 180 Å². The van der Waals surface area contributed by atoms with Crippen molar-refractivity contribution in [1.82, 2.24) is 0 Å². The van der Waals surface area contributed by atoms with Crippen molar-refractivity contribution in [2.24, 2.45) is 0 Å². The van der Waals surface area contributed by atoms with Crippen LogP contribution in [0.3, 0.4) is 0 Å². The van der Waals surface area contributed by atoms with Crippen LogP contribution in [-0.2, 0) is 10.4 Å². The Hall–Kier alpha value is -2.48. The van der Waals surface area contributed by atoms with Crippen molar-refractivity contribution in [3.63, 3.8) is 0 Å². The van der Waals surface area contributed by atoms with Gasteiger partial charge in [-0.05, 0) is 18.2 Å². The van der Waals surface area contributed by atoms with E-state index in [2.05, 4.69) is 0 Å². The van der Waals surface area contributed by atoms with E-state index in [-0.39, 0.29) is 64.8 Å². The van der Waals surface area contributed by atoms with Crippen LogP contribution in [0.25, 0.3) is 22.3 Å². The van der Waals surface area contributed by atoms with Crippen LogP contribution in [0.4, 0.5) is 0 Å². The summed E-state index contributed by atoms with van der Waals surface area (Å²) in [6, 6.07) is 5.64. The van der Waals surface area contributed by atoms with Crippen LogP contribution in [0.5, 0.6) is 28.7 Å². The number of rotatable bonds is 1. The van der Waals surface area contributed by atoms with Gasteiger partial charge in [0.15, 0.2) is 17.3 Å². The van der Waals surface area contributed by atoms with Crippen molar-refractivity contribution in [2.75, 3.05) is 0 Å². The van der Waals surface area contributed by atoms with Crippen molar-refractivity contribution in [2.45, 2.75) is 0 Å². The summed E-state index contributed by atoms with van der Waals surface area (Å²) < 4.78 is 36.9. The average Bonchev–Trinajstić information content (AvgIpc) is 2.51. The molecule has 0 aliphatic rings. The SMILES string of the molecule is O=S(=O)(O)O.O=c1c(O)c(-c2ccc(O)c(O)c2)oc2cc(O)cc(O)c12.[H-].[Na+]. The van der Waals surface area contributed by atoms with Gasteiger partial charge < -0.3 is 31.4 Å². The molecule has 1 heterocycles. The van der Waals surface area contributed by atoms with Crippen molar-refractivity contribution >= 4 is 21.4 Å². The molecule has 3 aromatic rings. The molecule has 0 aliphatic carbocycles. The molecule has 3 rings (SSSR count). The second-order valence-corrected chi connectivity index (χ2v) is 5.99. The quantitative estimate of drug-likeness (QED) is 0.135. The molecule has 7 N–H and O–H groups in total. The molecular weight excluding hydrogens is 411 g/mol. The van der Waals surface area contributed by atoms with Gasteiger partial charge in [-0.2, -0.15) is 8.42 Å². The molecule has 1 aromatic heterocycles. The molecule has 0 saturated carbocycles. The van der Waals surface area contributed by atoms with Crippen molar-refractivity contribution < 1.29 is 78.5 Å². The fourth-order valence-corrected chi connectivity index (χ4v) is 2.14. The molecule has 0 amide bonds. The van der Waals surface area contributed by atoms with Gasteiger partial charge in [-0.3, -0.25) is 13.9 Å². The summed E-state index contributed by atoms with van der Waals surface area (Å²) in [5.41, 5.74) is -0.890. The molecule has 11 nitrogen and oxygen atoms in total. The van der Waals surface area contributed by atoms with Crippen LogP contribution in [0, 0.1) is 0 Å². The van der Waals surface area contributed by atoms with Gasteiger partial charge in [-0.1, -0.05) is 0 Å². The largest absolute Gasteiger partial charge is 1.00 e. The Balaban J connectivity index is 0.00000101. The molecule has 0 aliphatic heterocycles. The number of fused-ring (bicyclic) bond motifs is 1. The molecule has 0 saturated heterocycles. The van der Waals surface area contributed by atoms with Crippen LogP contribution in [-0.4, -0.2) is 43.1 Å². The molecule has 0 unspecified atom stereocenters. The molecule has 0 spiro atoms. The molecule has 146 valence electrons.